The van der Waals surface area contributed by atoms with E-state index in [0.717, 1.165) is 24.8 Å². The van der Waals surface area contributed by atoms with E-state index in [-0.39, 0.29) is 11.9 Å². The van der Waals surface area contributed by atoms with Crippen molar-refractivity contribution in [3.05, 3.63) is 65.5 Å². The van der Waals surface area contributed by atoms with Crippen LogP contribution in [0.15, 0.2) is 48.8 Å². The van der Waals surface area contributed by atoms with Gasteiger partial charge in [0.2, 0.25) is 5.91 Å². The average Bonchev–Trinajstić information content (AvgIpc) is 2.97. The summed E-state index contributed by atoms with van der Waals surface area (Å²) in [5.41, 5.74) is 3.82. The van der Waals surface area contributed by atoms with Crippen LogP contribution in [0.2, 0.25) is 0 Å². The smallest absolute Gasteiger partial charge is 0.223 e. The van der Waals surface area contributed by atoms with E-state index in [1.165, 1.54) is 11.1 Å². The normalized spacial score (nSPS) is 16.5. The van der Waals surface area contributed by atoms with Gasteiger partial charge >= 0.3 is 0 Å². The van der Waals surface area contributed by atoms with Gasteiger partial charge in [0.15, 0.2) is 0 Å². The summed E-state index contributed by atoms with van der Waals surface area (Å²) in [7, 11) is 1.93. The van der Waals surface area contributed by atoms with Gasteiger partial charge in [-0.25, -0.2) is 0 Å². The second-order valence-electron chi connectivity index (χ2n) is 5.62. The standard InChI is InChI=1S/C18H20N2O/c1-20(17-10-9-15-6-2-3-7-16(15)17)18(21)11-8-14-5-4-12-19-13-14/h2-7,12-13,17H,8-11H2,1H3. The van der Waals surface area contributed by atoms with Gasteiger partial charge in [-0.05, 0) is 42.0 Å². The average molecular weight is 280 g/mol. The summed E-state index contributed by atoms with van der Waals surface area (Å²) in [4.78, 5) is 18.4. The minimum Gasteiger partial charge on any atom is -0.339 e. The van der Waals surface area contributed by atoms with Crippen LogP contribution >= 0.6 is 0 Å². The predicted molar refractivity (Wildman–Crippen MR) is 82.8 cm³/mol. The molecule has 1 unspecified atom stereocenters. The Morgan fingerprint density at radius 2 is 2.14 bits per heavy atom. The molecule has 21 heavy (non-hydrogen) atoms. The topological polar surface area (TPSA) is 33.2 Å². The lowest BCUT2D eigenvalue weighted by atomic mass is 10.1. The monoisotopic (exact) mass is 280 g/mol. The van der Waals surface area contributed by atoms with E-state index in [2.05, 4.69) is 29.2 Å². The summed E-state index contributed by atoms with van der Waals surface area (Å²) in [5.74, 6) is 0.209. The maximum absolute atomic E-state index is 12.4. The van der Waals surface area contributed by atoms with Crippen molar-refractivity contribution in [1.29, 1.82) is 0 Å². The molecule has 1 atom stereocenters. The second kappa shape index (κ2) is 6.08. The van der Waals surface area contributed by atoms with Crippen molar-refractivity contribution in [1.82, 2.24) is 9.88 Å². The molecule has 0 saturated carbocycles. The van der Waals surface area contributed by atoms with Gasteiger partial charge in [0.25, 0.3) is 0 Å². The first-order valence-electron chi connectivity index (χ1n) is 7.48. The fraction of sp³-hybridized carbons (Fsp3) is 0.333. The maximum atomic E-state index is 12.4. The first-order chi connectivity index (χ1) is 10.3. The molecule has 0 radical (unpaired) electrons. The Labute approximate surface area is 125 Å². The molecule has 108 valence electrons. The molecule has 1 aliphatic carbocycles. The van der Waals surface area contributed by atoms with Crippen LogP contribution in [0.3, 0.4) is 0 Å². The van der Waals surface area contributed by atoms with E-state index in [4.69, 9.17) is 0 Å². The van der Waals surface area contributed by atoms with Crippen LogP contribution in [0.4, 0.5) is 0 Å². The Morgan fingerprint density at radius 1 is 1.29 bits per heavy atom. The molecule has 0 aliphatic heterocycles. The lowest BCUT2D eigenvalue weighted by Crippen LogP contribution is -2.30. The number of pyridine rings is 1. The minimum atomic E-state index is 0.209. The molecule has 3 nitrogen and oxygen atoms in total. The van der Waals surface area contributed by atoms with Crippen LogP contribution < -0.4 is 0 Å². The number of carbonyl (C=O) groups is 1. The number of rotatable bonds is 4. The van der Waals surface area contributed by atoms with E-state index < -0.39 is 0 Å². The molecule has 0 spiro atoms. The molecule has 1 aromatic carbocycles. The number of hydrogen-bond donors (Lipinski definition) is 0. The maximum Gasteiger partial charge on any atom is 0.223 e. The van der Waals surface area contributed by atoms with Crippen molar-refractivity contribution in [3.8, 4) is 0 Å². The fourth-order valence-electron chi connectivity index (χ4n) is 3.08. The van der Waals surface area contributed by atoms with E-state index in [1.807, 2.05) is 30.3 Å². The molecule has 1 aliphatic rings. The van der Waals surface area contributed by atoms with Crippen LogP contribution in [0, 0.1) is 0 Å². The first kappa shape index (κ1) is 13.8. The van der Waals surface area contributed by atoms with Crippen LogP contribution in [0.1, 0.15) is 35.6 Å². The summed E-state index contributed by atoms with van der Waals surface area (Å²) in [5, 5.41) is 0. The zero-order chi connectivity index (χ0) is 14.7. The van der Waals surface area contributed by atoms with Gasteiger partial charge in [0, 0.05) is 25.9 Å². The molecule has 0 fully saturated rings. The van der Waals surface area contributed by atoms with Gasteiger partial charge in [-0.15, -0.1) is 0 Å². The van der Waals surface area contributed by atoms with Crippen LogP contribution in [0.25, 0.3) is 0 Å². The Bertz CT molecular complexity index is 624. The van der Waals surface area contributed by atoms with Crippen molar-refractivity contribution in [2.75, 3.05) is 7.05 Å². The van der Waals surface area contributed by atoms with Crippen LogP contribution in [-0.4, -0.2) is 22.8 Å². The Hall–Kier alpha value is -2.16. The highest BCUT2D eigenvalue weighted by Crippen LogP contribution is 2.35. The van der Waals surface area contributed by atoms with Gasteiger partial charge in [0.05, 0.1) is 6.04 Å². The van der Waals surface area contributed by atoms with Crippen molar-refractivity contribution in [2.45, 2.75) is 31.7 Å². The lowest BCUT2D eigenvalue weighted by molar-refractivity contribution is -0.132. The number of aryl methyl sites for hydroxylation is 2. The van der Waals surface area contributed by atoms with E-state index in [0.29, 0.717) is 6.42 Å². The van der Waals surface area contributed by atoms with Gasteiger partial charge in [-0.2, -0.15) is 0 Å². The molecular weight excluding hydrogens is 260 g/mol. The summed E-state index contributed by atoms with van der Waals surface area (Å²) < 4.78 is 0. The van der Waals surface area contributed by atoms with Gasteiger partial charge < -0.3 is 4.90 Å². The SMILES string of the molecule is CN(C(=O)CCc1cccnc1)C1CCc2ccccc21. The van der Waals surface area contributed by atoms with Gasteiger partial charge in [-0.3, -0.25) is 9.78 Å². The molecule has 1 aromatic heterocycles. The summed E-state index contributed by atoms with van der Waals surface area (Å²) >= 11 is 0. The number of carbonyl (C=O) groups excluding carboxylic acids is 1. The number of benzene rings is 1. The quantitative estimate of drug-likeness (QED) is 0.862. The summed E-state index contributed by atoms with van der Waals surface area (Å²) in [6.07, 6.45) is 6.99. The van der Waals surface area contributed by atoms with Crippen LogP contribution in [0.5, 0.6) is 0 Å². The lowest BCUT2D eigenvalue weighted by Gasteiger charge is -2.25. The number of fused-ring (bicyclic) bond motifs is 1. The minimum absolute atomic E-state index is 0.209. The molecule has 2 aromatic rings. The number of amides is 1. The zero-order valence-electron chi connectivity index (χ0n) is 12.3. The molecule has 0 N–H and O–H groups in total. The third-order valence-corrected chi connectivity index (χ3v) is 4.31. The Balaban J connectivity index is 1.63. The highest BCUT2D eigenvalue weighted by Gasteiger charge is 2.27. The molecule has 1 amide bonds. The largest absolute Gasteiger partial charge is 0.339 e. The summed E-state index contributed by atoms with van der Waals surface area (Å²) in [6, 6.07) is 12.6. The van der Waals surface area contributed by atoms with Crippen molar-refractivity contribution >= 4 is 5.91 Å². The predicted octanol–water partition coefficient (Wildman–Crippen LogP) is 3.16. The molecule has 3 heteroatoms. The van der Waals surface area contributed by atoms with Crippen molar-refractivity contribution < 1.29 is 4.79 Å². The van der Waals surface area contributed by atoms with Gasteiger partial charge in [-0.1, -0.05) is 30.3 Å². The number of nitrogens with zero attached hydrogens (tertiary/aromatic N) is 2. The first-order valence-corrected chi connectivity index (χ1v) is 7.48. The second-order valence-corrected chi connectivity index (χ2v) is 5.62. The molecular formula is C18H20N2O. The molecule has 1 heterocycles. The summed E-state index contributed by atoms with van der Waals surface area (Å²) in [6.45, 7) is 0. The van der Waals surface area contributed by atoms with Gasteiger partial charge in [0.1, 0.15) is 0 Å². The fourth-order valence-corrected chi connectivity index (χ4v) is 3.08. The molecule has 0 saturated heterocycles. The van der Waals surface area contributed by atoms with E-state index in [1.54, 1.807) is 6.20 Å². The molecule has 0 bridgehead atoms. The third kappa shape index (κ3) is 2.97. The van der Waals surface area contributed by atoms with Crippen LogP contribution in [-0.2, 0) is 17.6 Å². The number of aromatic nitrogens is 1. The molecule has 3 rings (SSSR count). The van der Waals surface area contributed by atoms with Crippen molar-refractivity contribution in [3.63, 3.8) is 0 Å². The Kier molecular flexibility index (Phi) is 4.00. The Morgan fingerprint density at radius 3 is 2.95 bits per heavy atom. The highest BCUT2D eigenvalue weighted by atomic mass is 16.2. The highest BCUT2D eigenvalue weighted by molar-refractivity contribution is 5.77. The van der Waals surface area contributed by atoms with E-state index >= 15 is 0 Å². The van der Waals surface area contributed by atoms with Crippen molar-refractivity contribution in [2.24, 2.45) is 0 Å². The van der Waals surface area contributed by atoms with E-state index in [9.17, 15) is 4.79 Å². The third-order valence-electron chi connectivity index (χ3n) is 4.31. The zero-order valence-corrected chi connectivity index (χ0v) is 12.3. The number of hydrogen-bond acceptors (Lipinski definition) is 2.